The number of nitrogens with two attached hydrogens (primary N) is 1. The molecule has 0 saturated carbocycles. The number of nitrogens with one attached hydrogen (secondary N) is 1. The van der Waals surface area contributed by atoms with Crippen LogP contribution in [0.15, 0.2) is 42.7 Å². The number of ether oxygens (including phenoxy) is 1. The molecule has 2 aromatic heterocycles. The number of benzene rings is 1. The quantitative estimate of drug-likeness (QED) is 0.670. The number of halogens is 3. The topological polar surface area (TPSA) is 108 Å². The molecule has 8 nitrogen and oxygen atoms in total. The van der Waals surface area contributed by atoms with Crippen LogP contribution in [0.25, 0.3) is 11.3 Å². The van der Waals surface area contributed by atoms with E-state index in [9.17, 15) is 18.0 Å². The van der Waals surface area contributed by atoms with Gasteiger partial charge in [0.1, 0.15) is 17.1 Å². The summed E-state index contributed by atoms with van der Waals surface area (Å²) in [5.41, 5.74) is 6.21. The van der Waals surface area contributed by atoms with Crippen LogP contribution in [0.1, 0.15) is 30.4 Å². The Bertz CT molecular complexity index is 1030. The molecule has 0 atom stereocenters. The van der Waals surface area contributed by atoms with Crippen molar-refractivity contribution in [2.45, 2.75) is 26.3 Å². The normalized spacial score (nSPS) is 11.5. The number of carbonyl (C=O) groups excluding carboxylic acids is 1. The average Bonchev–Trinajstić information content (AvgIpc) is 3.12. The molecule has 2 heterocycles. The second kappa shape index (κ2) is 7.78. The summed E-state index contributed by atoms with van der Waals surface area (Å²) < 4.78 is 43.4. The third-order valence-corrected chi connectivity index (χ3v) is 3.80. The summed E-state index contributed by atoms with van der Waals surface area (Å²) >= 11 is 0. The first-order chi connectivity index (χ1) is 13.7. The van der Waals surface area contributed by atoms with Crippen molar-refractivity contribution in [3.63, 3.8) is 0 Å². The fraction of sp³-hybridized carbons (Fsp3) is 0.222. The van der Waals surface area contributed by atoms with Crippen molar-refractivity contribution in [1.82, 2.24) is 19.7 Å². The largest absolute Gasteiger partial charge is 0.573 e. The lowest BCUT2D eigenvalue weighted by Crippen LogP contribution is -2.20. The third kappa shape index (κ3) is 4.62. The molecule has 3 N–H and O–H groups in total. The molecule has 3 rings (SSSR count). The van der Waals surface area contributed by atoms with E-state index in [-0.39, 0.29) is 28.9 Å². The van der Waals surface area contributed by atoms with E-state index in [1.807, 2.05) is 13.8 Å². The monoisotopic (exact) mass is 406 g/mol. The summed E-state index contributed by atoms with van der Waals surface area (Å²) in [6.45, 7) is 3.74. The highest BCUT2D eigenvalue weighted by Crippen LogP contribution is 2.35. The van der Waals surface area contributed by atoms with Crippen LogP contribution in [0, 0.1) is 0 Å². The lowest BCUT2D eigenvalue weighted by atomic mass is 10.1. The molecule has 0 aliphatic carbocycles. The zero-order valence-corrected chi connectivity index (χ0v) is 15.4. The van der Waals surface area contributed by atoms with Crippen molar-refractivity contribution in [3.8, 4) is 17.0 Å². The minimum Gasteiger partial charge on any atom is -0.405 e. The number of aromatic nitrogens is 4. The van der Waals surface area contributed by atoms with Crippen molar-refractivity contribution < 1.29 is 22.7 Å². The molecule has 0 aliphatic heterocycles. The van der Waals surface area contributed by atoms with Crippen LogP contribution < -0.4 is 15.8 Å². The van der Waals surface area contributed by atoms with Gasteiger partial charge in [0.15, 0.2) is 11.6 Å². The maximum Gasteiger partial charge on any atom is 0.573 e. The van der Waals surface area contributed by atoms with E-state index in [0.717, 1.165) is 6.07 Å². The van der Waals surface area contributed by atoms with E-state index in [0.29, 0.717) is 5.69 Å². The zero-order valence-electron chi connectivity index (χ0n) is 15.4. The zero-order chi connectivity index (χ0) is 21.2. The number of anilines is 2. The van der Waals surface area contributed by atoms with Gasteiger partial charge in [-0.3, -0.25) is 9.48 Å². The van der Waals surface area contributed by atoms with E-state index in [4.69, 9.17) is 5.73 Å². The van der Waals surface area contributed by atoms with Crippen LogP contribution in [0.4, 0.5) is 24.8 Å². The van der Waals surface area contributed by atoms with Gasteiger partial charge < -0.3 is 15.8 Å². The summed E-state index contributed by atoms with van der Waals surface area (Å²) in [7, 11) is 0. The number of carbonyl (C=O) groups is 1. The molecule has 1 aromatic carbocycles. The summed E-state index contributed by atoms with van der Waals surface area (Å²) in [5, 5.41) is 6.63. The highest BCUT2D eigenvalue weighted by atomic mass is 19.4. The van der Waals surface area contributed by atoms with Crippen LogP contribution in [0.3, 0.4) is 0 Å². The fourth-order valence-corrected chi connectivity index (χ4v) is 2.63. The van der Waals surface area contributed by atoms with Crippen LogP contribution in [-0.4, -0.2) is 32.0 Å². The number of alkyl halides is 3. The second-order valence-corrected chi connectivity index (χ2v) is 6.24. The number of hydrogen-bond acceptors (Lipinski definition) is 6. The summed E-state index contributed by atoms with van der Waals surface area (Å²) in [5.74, 6) is -1.06. The minimum atomic E-state index is -4.87. The predicted molar refractivity (Wildman–Crippen MR) is 99.1 cm³/mol. The van der Waals surface area contributed by atoms with Crippen molar-refractivity contribution in [3.05, 3.63) is 48.4 Å². The standard InChI is InChI=1S/C18H17F3N6O2/c1-10(2)27-12(7-8-24-27)17(28)26-14-9-23-15(16(22)25-14)11-5-3-4-6-13(11)29-18(19,20)21/h3-10H,1-2H3,(H3,22,25,26,28). The van der Waals surface area contributed by atoms with Gasteiger partial charge in [-0.2, -0.15) is 5.10 Å². The van der Waals surface area contributed by atoms with Gasteiger partial charge in [0.2, 0.25) is 0 Å². The lowest BCUT2D eigenvalue weighted by Gasteiger charge is -2.14. The molecule has 0 aliphatic rings. The van der Waals surface area contributed by atoms with Crippen molar-refractivity contribution in [1.29, 1.82) is 0 Å². The van der Waals surface area contributed by atoms with Gasteiger partial charge in [-0.1, -0.05) is 12.1 Å². The van der Waals surface area contributed by atoms with Gasteiger partial charge in [0.25, 0.3) is 5.91 Å². The Hall–Kier alpha value is -3.63. The SMILES string of the molecule is CC(C)n1nccc1C(=O)Nc1cnc(-c2ccccc2OC(F)(F)F)c(N)n1. The van der Waals surface area contributed by atoms with Gasteiger partial charge in [0, 0.05) is 17.8 Å². The molecule has 0 fully saturated rings. The molecule has 29 heavy (non-hydrogen) atoms. The van der Waals surface area contributed by atoms with Crippen LogP contribution >= 0.6 is 0 Å². The minimum absolute atomic E-state index is 0.00456. The van der Waals surface area contributed by atoms with Crippen molar-refractivity contribution >= 4 is 17.5 Å². The number of rotatable bonds is 5. The van der Waals surface area contributed by atoms with Gasteiger partial charge in [0.05, 0.1) is 6.20 Å². The average molecular weight is 406 g/mol. The summed E-state index contributed by atoms with van der Waals surface area (Å²) in [6.07, 6.45) is -2.18. The first kappa shape index (κ1) is 20.1. The third-order valence-electron chi connectivity index (χ3n) is 3.80. The van der Waals surface area contributed by atoms with Crippen molar-refractivity contribution in [2.75, 3.05) is 11.1 Å². The molecular formula is C18H17F3N6O2. The number of nitrogen functional groups attached to an aromatic ring is 1. The number of nitrogens with zero attached hydrogens (tertiary/aromatic N) is 4. The van der Waals surface area contributed by atoms with E-state index >= 15 is 0 Å². The lowest BCUT2D eigenvalue weighted by molar-refractivity contribution is -0.274. The Morgan fingerprint density at radius 3 is 2.62 bits per heavy atom. The summed E-state index contributed by atoms with van der Waals surface area (Å²) in [6, 6.07) is 6.94. The highest BCUT2D eigenvalue weighted by molar-refractivity contribution is 6.02. The van der Waals surface area contributed by atoms with E-state index in [2.05, 4.69) is 25.1 Å². The molecule has 152 valence electrons. The Morgan fingerprint density at radius 2 is 1.97 bits per heavy atom. The van der Waals surface area contributed by atoms with Gasteiger partial charge in [-0.05, 0) is 32.0 Å². The van der Waals surface area contributed by atoms with Gasteiger partial charge >= 0.3 is 6.36 Å². The predicted octanol–water partition coefficient (Wildman–Crippen LogP) is 3.65. The smallest absolute Gasteiger partial charge is 0.405 e. The maximum atomic E-state index is 12.6. The molecule has 0 bridgehead atoms. The molecule has 0 radical (unpaired) electrons. The first-order valence-corrected chi connectivity index (χ1v) is 8.48. The van der Waals surface area contributed by atoms with Crippen LogP contribution in [-0.2, 0) is 0 Å². The summed E-state index contributed by atoms with van der Waals surface area (Å²) in [4.78, 5) is 20.5. The molecule has 1 amide bonds. The number of amides is 1. The first-order valence-electron chi connectivity index (χ1n) is 8.48. The van der Waals surface area contributed by atoms with Crippen molar-refractivity contribution in [2.24, 2.45) is 0 Å². The number of hydrogen-bond donors (Lipinski definition) is 2. The second-order valence-electron chi connectivity index (χ2n) is 6.24. The van der Waals surface area contributed by atoms with E-state index < -0.39 is 18.0 Å². The molecule has 0 saturated heterocycles. The molecule has 0 spiro atoms. The van der Waals surface area contributed by atoms with Crippen LogP contribution in [0.2, 0.25) is 0 Å². The van der Waals surface area contributed by atoms with Gasteiger partial charge in [-0.15, -0.1) is 13.2 Å². The van der Waals surface area contributed by atoms with E-state index in [1.54, 1.807) is 6.07 Å². The van der Waals surface area contributed by atoms with Gasteiger partial charge in [-0.25, -0.2) is 9.97 Å². The molecule has 11 heteroatoms. The molecule has 0 unspecified atom stereocenters. The number of para-hydroxylation sites is 1. The Balaban J connectivity index is 1.87. The molecule has 3 aromatic rings. The Morgan fingerprint density at radius 1 is 1.24 bits per heavy atom. The Labute approximate surface area is 163 Å². The maximum absolute atomic E-state index is 12.6. The fourth-order valence-electron chi connectivity index (χ4n) is 2.63. The Kier molecular flexibility index (Phi) is 5.39. The highest BCUT2D eigenvalue weighted by Gasteiger charge is 2.32. The molecular weight excluding hydrogens is 389 g/mol. The van der Waals surface area contributed by atoms with E-state index in [1.165, 1.54) is 35.3 Å². The van der Waals surface area contributed by atoms with Crippen LogP contribution in [0.5, 0.6) is 5.75 Å².